The molecule has 0 saturated carbocycles. The quantitative estimate of drug-likeness (QED) is 0.288. The van der Waals surface area contributed by atoms with E-state index in [2.05, 4.69) is 30.3 Å². The Bertz CT molecular complexity index is 1130. The molecule has 0 fully saturated rings. The Hall–Kier alpha value is -3.42. The van der Waals surface area contributed by atoms with E-state index in [0.717, 1.165) is 17.3 Å². The number of carbonyl (C=O) groups is 1. The van der Waals surface area contributed by atoms with E-state index in [1.807, 2.05) is 0 Å². The summed E-state index contributed by atoms with van der Waals surface area (Å²) in [5.74, 6) is -1.01. The zero-order valence-electron chi connectivity index (χ0n) is 15.6. The van der Waals surface area contributed by atoms with Crippen LogP contribution < -0.4 is 0 Å². The summed E-state index contributed by atoms with van der Waals surface area (Å²) in [6.45, 7) is -0.0968. The van der Waals surface area contributed by atoms with Gasteiger partial charge in [0.15, 0.2) is 11.6 Å². The molecule has 32 heavy (non-hydrogen) atoms. The van der Waals surface area contributed by atoms with Gasteiger partial charge >= 0.3 is 12.4 Å². The fourth-order valence-electron chi connectivity index (χ4n) is 2.36. The average Bonchev–Trinajstić information content (AvgIpc) is 3.18. The second-order valence-corrected chi connectivity index (χ2v) is 6.56. The van der Waals surface area contributed by atoms with Gasteiger partial charge in [-0.1, -0.05) is 11.6 Å². The predicted molar refractivity (Wildman–Crippen MR) is 96.6 cm³/mol. The van der Waals surface area contributed by atoms with Crippen molar-refractivity contribution in [3.63, 3.8) is 0 Å². The molecule has 168 valence electrons. The SMILES string of the molecule is O=C(CCn1cnc(-c2cc(C(F)(F)F)cc(C(F)(F)F)c2)n1)N=Nc1cc(Cl)ncn1. The summed E-state index contributed by atoms with van der Waals surface area (Å²) in [4.78, 5) is 22.9. The first-order valence-corrected chi connectivity index (χ1v) is 8.91. The summed E-state index contributed by atoms with van der Waals surface area (Å²) in [7, 11) is 0. The molecule has 3 rings (SSSR count). The lowest BCUT2D eigenvalue weighted by atomic mass is 10.0. The van der Waals surface area contributed by atoms with Gasteiger partial charge < -0.3 is 0 Å². The molecule has 0 spiro atoms. The smallest absolute Gasteiger partial charge is 0.271 e. The van der Waals surface area contributed by atoms with E-state index in [4.69, 9.17) is 11.6 Å². The lowest BCUT2D eigenvalue weighted by Gasteiger charge is -2.13. The maximum Gasteiger partial charge on any atom is 0.416 e. The van der Waals surface area contributed by atoms with Crippen LogP contribution in [-0.4, -0.2) is 30.6 Å². The third-order valence-electron chi connectivity index (χ3n) is 3.82. The highest BCUT2D eigenvalue weighted by atomic mass is 35.5. The Morgan fingerprint density at radius 2 is 1.62 bits per heavy atom. The van der Waals surface area contributed by atoms with Crippen LogP contribution >= 0.6 is 11.6 Å². The standard InChI is InChI=1S/C17H10ClF6N7O/c18-12-6-13(26-7-25-12)28-29-14(32)1-2-31-8-27-15(30-31)9-3-10(16(19,20)21)5-11(4-9)17(22,23)24/h3-8H,1-2H2. The van der Waals surface area contributed by atoms with Gasteiger partial charge in [-0.3, -0.25) is 9.48 Å². The van der Waals surface area contributed by atoms with E-state index in [9.17, 15) is 31.1 Å². The van der Waals surface area contributed by atoms with E-state index in [1.165, 1.54) is 6.07 Å². The number of carbonyl (C=O) groups excluding carboxylic acids is 1. The number of azo groups is 1. The van der Waals surface area contributed by atoms with Crippen LogP contribution in [-0.2, 0) is 23.7 Å². The third kappa shape index (κ3) is 6.06. The van der Waals surface area contributed by atoms with Gasteiger partial charge in [-0.15, -0.1) is 10.2 Å². The Morgan fingerprint density at radius 3 is 2.22 bits per heavy atom. The van der Waals surface area contributed by atoms with Gasteiger partial charge in [-0.25, -0.2) is 15.0 Å². The Morgan fingerprint density at radius 1 is 0.969 bits per heavy atom. The minimum Gasteiger partial charge on any atom is -0.271 e. The fourth-order valence-corrected chi connectivity index (χ4v) is 2.51. The monoisotopic (exact) mass is 477 g/mol. The average molecular weight is 478 g/mol. The molecule has 0 aliphatic heterocycles. The van der Waals surface area contributed by atoms with Crippen molar-refractivity contribution >= 4 is 23.3 Å². The van der Waals surface area contributed by atoms with E-state index in [-0.39, 0.29) is 35.8 Å². The number of aryl methyl sites for hydroxylation is 1. The number of nitrogens with zero attached hydrogens (tertiary/aromatic N) is 7. The van der Waals surface area contributed by atoms with Gasteiger partial charge in [-0.2, -0.15) is 31.4 Å². The van der Waals surface area contributed by atoms with Crippen LogP contribution in [0.2, 0.25) is 5.15 Å². The van der Waals surface area contributed by atoms with E-state index >= 15 is 0 Å². The summed E-state index contributed by atoms with van der Waals surface area (Å²) in [6, 6.07) is 2.31. The Kier molecular flexibility index (Phi) is 6.52. The highest BCUT2D eigenvalue weighted by Gasteiger charge is 2.37. The fraction of sp³-hybridized carbons (Fsp3) is 0.235. The van der Waals surface area contributed by atoms with E-state index in [0.29, 0.717) is 12.1 Å². The molecule has 0 aliphatic rings. The molecule has 0 radical (unpaired) electrons. The lowest BCUT2D eigenvalue weighted by molar-refractivity contribution is -0.143. The van der Waals surface area contributed by atoms with Gasteiger partial charge in [0.1, 0.15) is 17.8 Å². The largest absolute Gasteiger partial charge is 0.416 e. The molecule has 3 aromatic rings. The van der Waals surface area contributed by atoms with Crippen molar-refractivity contribution in [2.45, 2.75) is 25.3 Å². The topological polar surface area (TPSA) is 98.3 Å². The summed E-state index contributed by atoms with van der Waals surface area (Å²) in [6.07, 6.45) is -8.02. The van der Waals surface area contributed by atoms with Gasteiger partial charge in [0, 0.05) is 11.6 Å². The number of aromatic nitrogens is 5. The summed E-state index contributed by atoms with van der Waals surface area (Å²) >= 11 is 5.64. The molecule has 0 unspecified atom stereocenters. The number of amides is 1. The first-order valence-electron chi connectivity index (χ1n) is 8.53. The Labute approximate surface area is 180 Å². The second kappa shape index (κ2) is 8.98. The first kappa shape index (κ1) is 23.2. The lowest BCUT2D eigenvalue weighted by Crippen LogP contribution is -2.11. The van der Waals surface area contributed by atoms with Crippen molar-refractivity contribution < 1.29 is 31.1 Å². The molecule has 0 bridgehead atoms. The first-order chi connectivity index (χ1) is 14.9. The minimum atomic E-state index is -5.00. The van der Waals surface area contributed by atoms with Crippen LogP contribution in [0.25, 0.3) is 11.4 Å². The van der Waals surface area contributed by atoms with Crippen LogP contribution in [0.1, 0.15) is 17.5 Å². The Balaban J connectivity index is 1.73. The van der Waals surface area contributed by atoms with Crippen molar-refractivity contribution in [2.75, 3.05) is 0 Å². The highest BCUT2D eigenvalue weighted by molar-refractivity contribution is 6.29. The van der Waals surface area contributed by atoms with E-state index < -0.39 is 35.0 Å². The van der Waals surface area contributed by atoms with Crippen LogP contribution in [0.15, 0.2) is 47.1 Å². The van der Waals surface area contributed by atoms with Crippen molar-refractivity contribution in [3.05, 3.63) is 53.2 Å². The number of benzene rings is 1. The molecule has 0 atom stereocenters. The minimum absolute atomic E-state index is 0.00893. The second-order valence-electron chi connectivity index (χ2n) is 6.17. The molecule has 2 aromatic heterocycles. The number of hydrogen-bond donors (Lipinski definition) is 0. The molecule has 2 heterocycles. The van der Waals surface area contributed by atoms with Crippen molar-refractivity contribution in [1.82, 2.24) is 24.7 Å². The van der Waals surface area contributed by atoms with Crippen LogP contribution in [0, 0.1) is 0 Å². The molecule has 1 aromatic carbocycles. The number of hydrogen-bond acceptors (Lipinski definition) is 6. The van der Waals surface area contributed by atoms with Crippen LogP contribution in [0.5, 0.6) is 0 Å². The molecular formula is C17H10ClF6N7O. The predicted octanol–water partition coefficient (Wildman–Crippen LogP) is 5.13. The number of halogens is 7. The maximum atomic E-state index is 13.0. The van der Waals surface area contributed by atoms with Crippen LogP contribution in [0.3, 0.4) is 0 Å². The molecule has 8 nitrogen and oxygen atoms in total. The molecule has 0 N–H and O–H groups in total. The zero-order chi connectivity index (χ0) is 23.5. The normalized spacial score (nSPS) is 12.5. The van der Waals surface area contributed by atoms with Crippen molar-refractivity contribution in [2.24, 2.45) is 10.2 Å². The van der Waals surface area contributed by atoms with Gasteiger partial charge in [0.25, 0.3) is 5.91 Å². The van der Waals surface area contributed by atoms with Crippen molar-refractivity contribution in [3.8, 4) is 11.4 Å². The maximum absolute atomic E-state index is 13.0. The zero-order valence-corrected chi connectivity index (χ0v) is 16.3. The highest BCUT2D eigenvalue weighted by Crippen LogP contribution is 2.38. The summed E-state index contributed by atoms with van der Waals surface area (Å²) in [5, 5.41) is 10.9. The molecule has 1 amide bonds. The van der Waals surface area contributed by atoms with Gasteiger partial charge in [0.05, 0.1) is 24.1 Å². The number of rotatable bonds is 5. The molecular weight excluding hydrogens is 468 g/mol. The van der Waals surface area contributed by atoms with Crippen molar-refractivity contribution in [1.29, 1.82) is 0 Å². The molecule has 15 heteroatoms. The van der Waals surface area contributed by atoms with E-state index in [1.54, 1.807) is 0 Å². The third-order valence-corrected chi connectivity index (χ3v) is 4.03. The number of alkyl halides is 6. The van der Waals surface area contributed by atoms with Crippen LogP contribution in [0.4, 0.5) is 32.2 Å². The molecule has 0 aliphatic carbocycles. The summed E-state index contributed by atoms with van der Waals surface area (Å²) in [5.41, 5.74) is -3.45. The summed E-state index contributed by atoms with van der Waals surface area (Å²) < 4.78 is 79.1. The van der Waals surface area contributed by atoms with Gasteiger partial charge in [-0.05, 0) is 18.2 Å². The van der Waals surface area contributed by atoms with Gasteiger partial charge in [0.2, 0.25) is 0 Å². The molecule has 0 saturated heterocycles.